The predicted octanol–water partition coefficient (Wildman–Crippen LogP) is 4.77. The molecule has 0 spiro atoms. The molecule has 1 unspecified atom stereocenters. The third-order valence-corrected chi connectivity index (χ3v) is 4.15. The highest BCUT2D eigenvalue weighted by Crippen LogP contribution is 2.36. The Morgan fingerprint density at radius 2 is 1.75 bits per heavy atom. The number of methoxy groups -OCH3 is 1. The summed E-state index contributed by atoms with van der Waals surface area (Å²) in [6, 6.07) is 3.87. The van der Waals surface area contributed by atoms with Crippen LogP contribution in [-0.2, 0) is 0 Å². The molecule has 1 atom stereocenters. The first-order valence-electron chi connectivity index (χ1n) is 7.02. The topological polar surface area (TPSA) is 30.5 Å². The minimum absolute atomic E-state index is 0.183. The van der Waals surface area contributed by atoms with Crippen molar-refractivity contribution < 1.29 is 9.47 Å². The van der Waals surface area contributed by atoms with Gasteiger partial charge in [0.2, 0.25) is 0 Å². The fraction of sp³-hybridized carbons (Fsp3) is 0.600. The van der Waals surface area contributed by atoms with Gasteiger partial charge in [-0.15, -0.1) is 0 Å². The molecule has 5 heteroatoms. The molecule has 0 saturated carbocycles. The summed E-state index contributed by atoms with van der Waals surface area (Å²) >= 11 is 7.03. The summed E-state index contributed by atoms with van der Waals surface area (Å²) < 4.78 is 13.2. The van der Waals surface area contributed by atoms with E-state index in [1.807, 2.05) is 12.1 Å². The Labute approximate surface area is 138 Å². The smallest absolute Gasteiger partial charge is 0.135 e. The van der Waals surface area contributed by atoms with Gasteiger partial charge in [0.05, 0.1) is 16.1 Å². The highest BCUT2D eigenvalue weighted by molar-refractivity contribution is 9.11. The van der Waals surface area contributed by atoms with Gasteiger partial charge in [0.25, 0.3) is 0 Å². The summed E-state index contributed by atoms with van der Waals surface area (Å²) in [7, 11) is 1.65. The van der Waals surface area contributed by atoms with Crippen LogP contribution in [0.1, 0.15) is 33.1 Å². The summed E-state index contributed by atoms with van der Waals surface area (Å²) in [5.74, 6) is 1.63. The molecule has 0 aliphatic carbocycles. The van der Waals surface area contributed by atoms with Gasteiger partial charge in [-0.1, -0.05) is 20.3 Å². The standard InChI is InChI=1S/C15H23Br2NO2/c1-4-6-11(10-18-7-5-2)20-15-9-12(16)14(19-3)8-13(15)17/h8-9,11,18H,4-7,10H2,1-3H3. The first kappa shape index (κ1) is 17.8. The minimum Gasteiger partial charge on any atom is -0.496 e. The van der Waals surface area contributed by atoms with Gasteiger partial charge in [0.15, 0.2) is 0 Å². The Balaban J connectivity index is 2.74. The number of rotatable bonds is 9. The SMILES string of the molecule is CCCNCC(CCC)Oc1cc(Br)c(OC)cc1Br. The zero-order valence-corrected chi connectivity index (χ0v) is 15.5. The lowest BCUT2D eigenvalue weighted by Crippen LogP contribution is -2.31. The van der Waals surface area contributed by atoms with Crippen LogP contribution in [0.3, 0.4) is 0 Å². The highest BCUT2D eigenvalue weighted by Gasteiger charge is 2.14. The molecule has 1 rings (SSSR count). The molecule has 0 aromatic heterocycles. The minimum atomic E-state index is 0.183. The number of hydrogen-bond donors (Lipinski definition) is 1. The molecule has 0 aliphatic rings. The van der Waals surface area contributed by atoms with Crippen LogP contribution in [-0.4, -0.2) is 26.3 Å². The van der Waals surface area contributed by atoms with Crippen LogP contribution >= 0.6 is 31.9 Å². The summed E-state index contributed by atoms with van der Waals surface area (Å²) in [4.78, 5) is 0. The lowest BCUT2D eigenvalue weighted by molar-refractivity contribution is 0.185. The van der Waals surface area contributed by atoms with Gasteiger partial charge in [-0.25, -0.2) is 0 Å². The molecule has 0 aliphatic heterocycles. The molecule has 0 saturated heterocycles. The molecule has 0 heterocycles. The van der Waals surface area contributed by atoms with E-state index in [2.05, 4.69) is 51.0 Å². The van der Waals surface area contributed by atoms with Crippen LogP contribution in [0.15, 0.2) is 21.1 Å². The number of benzene rings is 1. The summed E-state index contributed by atoms with van der Waals surface area (Å²) in [5.41, 5.74) is 0. The van der Waals surface area contributed by atoms with Gasteiger partial charge in [0.1, 0.15) is 17.6 Å². The van der Waals surface area contributed by atoms with Crippen molar-refractivity contribution in [3.05, 3.63) is 21.1 Å². The van der Waals surface area contributed by atoms with Crippen molar-refractivity contribution in [2.45, 2.75) is 39.2 Å². The maximum atomic E-state index is 6.12. The Bertz CT molecular complexity index is 413. The van der Waals surface area contributed by atoms with Crippen LogP contribution in [0.25, 0.3) is 0 Å². The van der Waals surface area contributed by atoms with Crippen LogP contribution < -0.4 is 14.8 Å². The third kappa shape index (κ3) is 5.62. The zero-order valence-electron chi connectivity index (χ0n) is 12.3. The van der Waals surface area contributed by atoms with Gasteiger partial charge >= 0.3 is 0 Å². The second-order valence-corrected chi connectivity index (χ2v) is 6.36. The van der Waals surface area contributed by atoms with Gasteiger partial charge in [-0.05, 0) is 63.4 Å². The lowest BCUT2D eigenvalue weighted by atomic mass is 10.2. The Morgan fingerprint density at radius 1 is 1.10 bits per heavy atom. The molecule has 1 aromatic rings. The van der Waals surface area contributed by atoms with Crippen molar-refractivity contribution in [3.63, 3.8) is 0 Å². The Hall–Kier alpha value is -0.260. The van der Waals surface area contributed by atoms with Crippen molar-refractivity contribution in [3.8, 4) is 11.5 Å². The van der Waals surface area contributed by atoms with Crippen molar-refractivity contribution >= 4 is 31.9 Å². The largest absolute Gasteiger partial charge is 0.496 e. The first-order valence-corrected chi connectivity index (χ1v) is 8.61. The number of nitrogens with one attached hydrogen (secondary N) is 1. The van der Waals surface area contributed by atoms with E-state index in [0.717, 1.165) is 52.8 Å². The Morgan fingerprint density at radius 3 is 2.35 bits per heavy atom. The van der Waals surface area contributed by atoms with Crippen LogP contribution in [0.2, 0.25) is 0 Å². The predicted molar refractivity (Wildman–Crippen MR) is 90.9 cm³/mol. The van der Waals surface area contributed by atoms with E-state index in [4.69, 9.17) is 9.47 Å². The van der Waals surface area contributed by atoms with E-state index in [1.165, 1.54) is 0 Å². The van der Waals surface area contributed by atoms with Crippen molar-refractivity contribution in [2.75, 3.05) is 20.2 Å². The molecular formula is C15H23Br2NO2. The van der Waals surface area contributed by atoms with E-state index in [9.17, 15) is 0 Å². The molecule has 1 N–H and O–H groups in total. The fourth-order valence-corrected chi connectivity index (χ4v) is 2.80. The highest BCUT2D eigenvalue weighted by atomic mass is 79.9. The van der Waals surface area contributed by atoms with E-state index in [1.54, 1.807) is 7.11 Å². The van der Waals surface area contributed by atoms with Crippen molar-refractivity contribution in [2.24, 2.45) is 0 Å². The van der Waals surface area contributed by atoms with E-state index in [-0.39, 0.29) is 6.10 Å². The zero-order chi connectivity index (χ0) is 15.0. The summed E-state index contributed by atoms with van der Waals surface area (Å²) in [6.45, 7) is 6.24. The van der Waals surface area contributed by atoms with Gasteiger partial charge < -0.3 is 14.8 Å². The molecule has 114 valence electrons. The molecule has 3 nitrogen and oxygen atoms in total. The molecule has 0 fully saturated rings. The van der Waals surface area contributed by atoms with Crippen LogP contribution in [0.5, 0.6) is 11.5 Å². The molecule has 0 radical (unpaired) electrons. The van der Waals surface area contributed by atoms with Crippen molar-refractivity contribution in [1.29, 1.82) is 0 Å². The molecule has 20 heavy (non-hydrogen) atoms. The number of hydrogen-bond acceptors (Lipinski definition) is 3. The molecular weight excluding hydrogens is 386 g/mol. The monoisotopic (exact) mass is 407 g/mol. The first-order chi connectivity index (χ1) is 9.62. The number of halogens is 2. The van der Waals surface area contributed by atoms with E-state index >= 15 is 0 Å². The van der Waals surface area contributed by atoms with Crippen molar-refractivity contribution in [1.82, 2.24) is 5.32 Å². The number of ether oxygens (including phenoxy) is 2. The second-order valence-electron chi connectivity index (χ2n) is 4.65. The van der Waals surface area contributed by atoms with Gasteiger partial charge in [-0.3, -0.25) is 0 Å². The Kier molecular flexibility index (Phi) is 8.57. The lowest BCUT2D eigenvalue weighted by Gasteiger charge is -2.20. The maximum absolute atomic E-state index is 6.12. The maximum Gasteiger partial charge on any atom is 0.135 e. The fourth-order valence-electron chi connectivity index (χ4n) is 1.90. The van der Waals surface area contributed by atoms with E-state index < -0.39 is 0 Å². The molecule has 0 amide bonds. The van der Waals surface area contributed by atoms with Crippen LogP contribution in [0, 0.1) is 0 Å². The van der Waals surface area contributed by atoms with Crippen LogP contribution in [0.4, 0.5) is 0 Å². The molecule has 0 bridgehead atoms. The molecule has 1 aromatic carbocycles. The summed E-state index contributed by atoms with van der Waals surface area (Å²) in [5, 5.41) is 3.42. The van der Waals surface area contributed by atoms with Gasteiger partial charge in [-0.2, -0.15) is 0 Å². The average Bonchev–Trinajstić information content (AvgIpc) is 2.43. The normalized spacial score (nSPS) is 12.2. The third-order valence-electron chi connectivity index (χ3n) is 2.91. The second kappa shape index (κ2) is 9.64. The van der Waals surface area contributed by atoms with E-state index in [0.29, 0.717) is 0 Å². The quantitative estimate of drug-likeness (QED) is 0.597. The average molecular weight is 409 g/mol. The summed E-state index contributed by atoms with van der Waals surface area (Å²) in [6.07, 6.45) is 3.46. The van der Waals surface area contributed by atoms with Gasteiger partial charge in [0, 0.05) is 6.54 Å².